The molecule has 2 aromatic rings. The first-order chi connectivity index (χ1) is 17.3. The van der Waals surface area contributed by atoms with Gasteiger partial charge in [0.25, 0.3) is 0 Å². The van der Waals surface area contributed by atoms with Crippen molar-refractivity contribution < 1.29 is 22.7 Å². The van der Waals surface area contributed by atoms with E-state index in [2.05, 4.69) is 49.8 Å². The van der Waals surface area contributed by atoms with Gasteiger partial charge in [0, 0.05) is 12.3 Å². The van der Waals surface area contributed by atoms with Gasteiger partial charge < -0.3 is 9.64 Å². The monoisotopic (exact) mass is 516 g/mol. The van der Waals surface area contributed by atoms with Crippen LogP contribution in [0.4, 0.5) is 13.2 Å². The van der Waals surface area contributed by atoms with Crippen molar-refractivity contribution in [3.63, 3.8) is 0 Å². The van der Waals surface area contributed by atoms with Crippen LogP contribution in [-0.4, -0.2) is 35.6 Å². The Bertz CT molecular complexity index is 1050. The summed E-state index contributed by atoms with van der Waals surface area (Å²) in [6, 6.07) is 14.2. The second kappa shape index (κ2) is 11.7. The summed E-state index contributed by atoms with van der Waals surface area (Å²) in [5, 5.41) is 0. The minimum Gasteiger partial charge on any atom is -0.406 e. The van der Waals surface area contributed by atoms with E-state index in [1.165, 1.54) is 17.7 Å². The highest BCUT2D eigenvalue weighted by atomic mass is 19.4. The number of halogens is 3. The molecule has 0 saturated heterocycles. The molecule has 0 radical (unpaired) electrons. The maximum atomic E-state index is 12.6. The van der Waals surface area contributed by atoms with E-state index in [9.17, 15) is 18.0 Å². The third-order valence-corrected chi connectivity index (χ3v) is 7.53. The summed E-state index contributed by atoms with van der Waals surface area (Å²) in [4.78, 5) is 19.6. The Balaban J connectivity index is 1.91. The standard InChI is InChI=1S/C30H39F3N2O2/c1-6-27(24-11-13-26(14-12-24)37-30(31,32)33)34-29(18-15-25(16-19-29)28(3,4)5)35(21-36)20-17-23-9-7-22(2)8-10-23/h7-14,21,25H,6,15-20H2,1-5H3/b34-27+. The topological polar surface area (TPSA) is 41.9 Å². The third kappa shape index (κ3) is 7.83. The predicted octanol–water partition coefficient (Wildman–Crippen LogP) is 7.73. The molecule has 1 aliphatic carbocycles. The van der Waals surface area contributed by atoms with E-state index in [1.54, 1.807) is 12.1 Å². The molecular formula is C30H39F3N2O2. The molecule has 0 bridgehead atoms. The average molecular weight is 517 g/mol. The maximum absolute atomic E-state index is 12.6. The molecule has 1 aliphatic rings. The minimum atomic E-state index is -4.74. The summed E-state index contributed by atoms with van der Waals surface area (Å²) >= 11 is 0. The molecule has 0 heterocycles. The van der Waals surface area contributed by atoms with Crippen LogP contribution in [0.25, 0.3) is 0 Å². The number of nitrogens with zero attached hydrogens (tertiary/aromatic N) is 2. The minimum absolute atomic E-state index is 0.172. The zero-order chi connectivity index (χ0) is 27.3. The second-order valence-corrected chi connectivity index (χ2v) is 11.1. The molecule has 202 valence electrons. The van der Waals surface area contributed by atoms with Crippen molar-refractivity contribution in [2.75, 3.05) is 6.54 Å². The number of hydrogen-bond donors (Lipinski definition) is 0. The van der Waals surface area contributed by atoms with Crippen molar-refractivity contribution in [2.24, 2.45) is 16.3 Å². The number of aryl methyl sites for hydroxylation is 1. The first-order valence-electron chi connectivity index (χ1n) is 13.1. The Hall–Kier alpha value is -2.83. The Labute approximate surface area is 218 Å². The molecule has 1 saturated carbocycles. The summed E-state index contributed by atoms with van der Waals surface area (Å²) in [5.41, 5.74) is 3.35. The molecule has 7 heteroatoms. The van der Waals surface area contributed by atoms with Gasteiger partial charge in [-0.3, -0.25) is 9.79 Å². The van der Waals surface area contributed by atoms with Crippen molar-refractivity contribution >= 4 is 12.1 Å². The van der Waals surface area contributed by atoms with Crippen LogP contribution in [0.5, 0.6) is 5.75 Å². The van der Waals surface area contributed by atoms with Gasteiger partial charge in [0.05, 0.1) is 0 Å². The van der Waals surface area contributed by atoms with Gasteiger partial charge in [-0.15, -0.1) is 13.2 Å². The van der Waals surface area contributed by atoms with E-state index in [-0.39, 0.29) is 11.2 Å². The number of rotatable bonds is 9. The normalized spacial score (nSPS) is 21.0. The predicted molar refractivity (Wildman–Crippen MR) is 142 cm³/mol. The lowest BCUT2D eigenvalue weighted by Crippen LogP contribution is -2.51. The fourth-order valence-electron chi connectivity index (χ4n) is 5.22. The lowest BCUT2D eigenvalue weighted by Gasteiger charge is -2.47. The van der Waals surface area contributed by atoms with Crippen LogP contribution < -0.4 is 4.74 Å². The zero-order valence-electron chi connectivity index (χ0n) is 22.6. The van der Waals surface area contributed by atoms with Gasteiger partial charge in [-0.05, 0) is 92.2 Å². The maximum Gasteiger partial charge on any atom is 0.573 e. The Morgan fingerprint density at radius 3 is 2.14 bits per heavy atom. The Morgan fingerprint density at radius 1 is 1.05 bits per heavy atom. The fourth-order valence-corrected chi connectivity index (χ4v) is 5.22. The van der Waals surface area contributed by atoms with E-state index in [0.29, 0.717) is 18.9 Å². The van der Waals surface area contributed by atoms with E-state index >= 15 is 0 Å². The zero-order valence-corrected chi connectivity index (χ0v) is 22.6. The van der Waals surface area contributed by atoms with Gasteiger partial charge >= 0.3 is 6.36 Å². The van der Waals surface area contributed by atoms with E-state index in [1.807, 2.05) is 18.7 Å². The van der Waals surface area contributed by atoms with E-state index < -0.39 is 12.0 Å². The highest BCUT2D eigenvalue weighted by Gasteiger charge is 2.42. The van der Waals surface area contributed by atoms with Crippen LogP contribution in [0, 0.1) is 18.3 Å². The van der Waals surface area contributed by atoms with Crippen LogP contribution >= 0.6 is 0 Å². The average Bonchev–Trinajstić information content (AvgIpc) is 2.83. The van der Waals surface area contributed by atoms with Gasteiger partial charge in [0.1, 0.15) is 11.4 Å². The van der Waals surface area contributed by atoms with Crippen molar-refractivity contribution in [3.8, 4) is 5.75 Å². The lowest BCUT2D eigenvalue weighted by atomic mass is 9.69. The van der Waals surface area contributed by atoms with Crippen LogP contribution in [0.15, 0.2) is 53.5 Å². The van der Waals surface area contributed by atoms with Gasteiger partial charge in [-0.2, -0.15) is 0 Å². The van der Waals surface area contributed by atoms with Crippen molar-refractivity contribution in [2.45, 2.75) is 85.2 Å². The van der Waals surface area contributed by atoms with Crippen molar-refractivity contribution in [3.05, 3.63) is 65.2 Å². The lowest BCUT2D eigenvalue weighted by molar-refractivity contribution is -0.274. The molecule has 1 amide bonds. The number of aliphatic imine (C=N–C) groups is 1. The molecule has 37 heavy (non-hydrogen) atoms. The number of alkyl halides is 3. The molecular weight excluding hydrogens is 477 g/mol. The summed E-state index contributed by atoms with van der Waals surface area (Å²) in [7, 11) is 0. The quantitative estimate of drug-likeness (QED) is 0.253. The summed E-state index contributed by atoms with van der Waals surface area (Å²) < 4.78 is 41.8. The van der Waals surface area contributed by atoms with Crippen molar-refractivity contribution in [1.29, 1.82) is 0 Å². The number of amides is 1. The molecule has 1 fully saturated rings. The van der Waals surface area contributed by atoms with Gasteiger partial charge in [-0.25, -0.2) is 0 Å². The summed E-state index contributed by atoms with van der Waals surface area (Å²) in [6.07, 6.45) is 0.914. The molecule has 2 aromatic carbocycles. The first kappa shape index (κ1) is 28.7. The smallest absolute Gasteiger partial charge is 0.406 e. The summed E-state index contributed by atoms with van der Waals surface area (Å²) in [6.45, 7) is 11.3. The number of benzene rings is 2. The van der Waals surface area contributed by atoms with E-state index in [4.69, 9.17) is 4.99 Å². The molecule has 0 unspecified atom stereocenters. The summed E-state index contributed by atoms with van der Waals surface area (Å²) in [5.74, 6) is 0.269. The van der Waals surface area contributed by atoms with Crippen LogP contribution in [-0.2, 0) is 11.2 Å². The van der Waals surface area contributed by atoms with Gasteiger partial charge in [0.15, 0.2) is 0 Å². The van der Waals surface area contributed by atoms with Crippen LogP contribution in [0.3, 0.4) is 0 Å². The highest BCUT2D eigenvalue weighted by molar-refractivity contribution is 6.00. The van der Waals surface area contributed by atoms with Gasteiger partial charge in [0.2, 0.25) is 6.41 Å². The Kier molecular flexibility index (Phi) is 9.09. The number of hydrogen-bond acceptors (Lipinski definition) is 3. The number of carbonyl (C=O) groups is 1. The highest BCUT2D eigenvalue weighted by Crippen LogP contribution is 2.44. The molecule has 0 N–H and O–H groups in total. The Morgan fingerprint density at radius 2 is 1.65 bits per heavy atom. The van der Waals surface area contributed by atoms with E-state index in [0.717, 1.165) is 55.4 Å². The molecule has 3 rings (SSSR count). The van der Waals surface area contributed by atoms with Gasteiger partial charge in [-0.1, -0.05) is 57.5 Å². The molecule has 0 aliphatic heterocycles. The fraction of sp³-hybridized carbons (Fsp3) is 0.533. The molecule has 4 nitrogen and oxygen atoms in total. The molecule has 0 aromatic heterocycles. The van der Waals surface area contributed by atoms with Crippen LogP contribution in [0.1, 0.15) is 76.5 Å². The number of carbonyl (C=O) groups excluding carboxylic acids is 1. The number of ether oxygens (including phenoxy) is 1. The molecule has 0 atom stereocenters. The van der Waals surface area contributed by atoms with Crippen molar-refractivity contribution in [1.82, 2.24) is 4.90 Å². The third-order valence-electron chi connectivity index (χ3n) is 7.53. The van der Waals surface area contributed by atoms with Crippen LogP contribution in [0.2, 0.25) is 0 Å². The first-order valence-corrected chi connectivity index (χ1v) is 13.1. The second-order valence-electron chi connectivity index (χ2n) is 11.1. The molecule has 0 spiro atoms. The largest absolute Gasteiger partial charge is 0.573 e. The SMILES string of the molecule is CC/C(=N\C1(N(C=O)CCc2ccc(C)cc2)CCC(C(C)(C)C)CC1)c1ccc(OC(F)(F)F)cc1.